The van der Waals surface area contributed by atoms with Gasteiger partial charge in [0.25, 0.3) is 0 Å². The van der Waals surface area contributed by atoms with Crippen LogP contribution in [0, 0.1) is 0 Å². The van der Waals surface area contributed by atoms with E-state index in [4.69, 9.17) is 0 Å². The van der Waals surface area contributed by atoms with Gasteiger partial charge in [-0.1, -0.05) is 23.9 Å². The van der Waals surface area contributed by atoms with Crippen molar-refractivity contribution in [2.24, 2.45) is 0 Å². The molecule has 2 aromatic heterocycles. The van der Waals surface area contributed by atoms with Gasteiger partial charge in [0.05, 0.1) is 0 Å². The van der Waals surface area contributed by atoms with E-state index in [1.807, 2.05) is 11.8 Å². The lowest BCUT2D eigenvalue weighted by Gasteiger charge is -1.95. The van der Waals surface area contributed by atoms with Crippen LogP contribution < -0.4 is 0 Å². The first kappa shape index (κ1) is 7.85. The fraction of sp³-hybridized carbons (Fsp3) is 0. The summed E-state index contributed by atoms with van der Waals surface area (Å²) in [4.78, 5) is 2.77. The normalized spacial score (nSPS) is 13.5. The molecule has 0 aliphatic carbocycles. The maximum absolute atomic E-state index is 2.22. The second-order valence-corrected chi connectivity index (χ2v) is 5.39. The summed E-state index contributed by atoms with van der Waals surface area (Å²) in [5.41, 5.74) is 2.72. The number of thiophene rings is 2. The van der Waals surface area contributed by atoms with Crippen LogP contribution in [0.5, 0.6) is 0 Å². The minimum Gasteiger partial charge on any atom is -0.151 e. The van der Waals surface area contributed by atoms with Crippen LogP contribution in [0.3, 0.4) is 0 Å². The maximum Gasteiger partial charge on any atom is 0.0302 e. The third-order valence-electron chi connectivity index (χ3n) is 1.97. The number of hydrogen-bond acceptors (Lipinski definition) is 3. The molecule has 0 bridgehead atoms. The molecule has 0 aromatic carbocycles. The number of hydrogen-bond donors (Lipinski definition) is 0. The molecule has 0 amide bonds. The molecular formula is C10H6S3. The Bertz CT molecular complexity index is 420. The zero-order valence-electron chi connectivity index (χ0n) is 6.69. The summed E-state index contributed by atoms with van der Waals surface area (Å²) < 4.78 is 0. The first-order valence-corrected chi connectivity index (χ1v) is 6.62. The first-order valence-electron chi connectivity index (χ1n) is 3.92. The Morgan fingerprint density at radius 2 is 1.23 bits per heavy atom. The highest BCUT2D eigenvalue weighted by molar-refractivity contribution is 7.99. The summed E-state index contributed by atoms with van der Waals surface area (Å²) in [5, 5.41) is 8.84. The summed E-state index contributed by atoms with van der Waals surface area (Å²) in [6.45, 7) is 0. The molecule has 1 aliphatic heterocycles. The van der Waals surface area contributed by atoms with E-state index in [9.17, 15) is 0 Å². The second kappa shape index (κ2) is 3.01. The molecule has 0 atom stereocenters. The van der Waals surface area contributed by atoms with Gasteiger partial charge in [-0.15, -0.1) is 0 Å². The van der Waals surface area contributed by atoms with E-state index in [0.29, 0.717) is 0 Å². The Labute approximate surface area is 88.9 Å². The first-order chi connectivity index (χ1) is 6.43. The van der Waals surface area contributed by atoms with Crippen LogP contribution in [0.1, 0.15) is 11.1 Å². The van der Waals surface area contributed by atoms with E-state index in [1.54, 1.807) is 22.7 Å². The summed E-state index contributed by atoms with van der Waals surface area (Å²) in [6, 6.07) is 0. The van der Waals surface area contributed by atoms with E-state index in [1.165, 1.54) is 20.9 Å². The quantitative estimate of drug-likeness (QED) is 0.541. The van der Waals surface area contributed by atoms with E-state index in [-0.39, 0.29) is 0 Å². The van der Waals surface area contributed by atoms with E-state index in [2.05, 4.69) is 33.7 Å². The monoisotopic (exact) mass is 222 g/mol. The van der Waals surface area contributed by atoms with Gasteiger partial charge in [-0.3, -0.25) is 0 Å². The van der Waals surface area contributed by atoms with Crippen molar-refractivity contribution in [1.82, 2.24) is 0 Å². The Balaban J connectivity index is 2.20. The van der Waals surface area contributed by atoms with E-state index in [0.717, 1.165) is 0 Å². The van der Waals surface area contributed by atoms with E-state index >= 15 is 0 Å². The lowest BCUT2D eigenvalue weighted by molar-refractivity contribution is 1.50. The molecule has 1 aliphatic rings. The number of fused-ring (bicyclic) bond motifs is 2. The molecule has 2 aromatic rings. The van der Waals surface area contributed by atoms with Crippen LogP contribution in [-0.4, -0.2) is 0 Å². The van der Waals surface area contributed by atoms with Gasteiger partial charge in [-0.2, -0.15) is 22.7 Å². The topological polar surface area (TPSA) is 0 Å². The van der Waals surface area contributed by atoms with Crippen molar-refractivity contribution >= 4 is 46.6 Å². The highest BCUT2D eigenvalue weighted by atomic mass is 32.2. The molecule has 13 heavy (non-hydrogen) atoms. The molecular weight excluding hydrogens is 216 g/mol. The summed E-state index contributed by atoms with van der Waals surface area (Å²) in [6.07, 6.45) is 4.41. The molecule has 3 rings (SSSR count). The molecule has 0 spiro atoms. The Morgan fingerprint density at radius 1 is 0.692 bits per heavy atom. The van der Waals surface area contributed by atoms with Crippen LogP contribution in [0.15, 0.2) is 31.3 Å². The molecule has 0 saturated carbocycles. The fourth-order valence-corrected chi connectivity index (χ4v) is 4.25. The Hall–Kier alpha value is -0.510. The zero-order valence-corrected chi connectivity index (χ0v) is 9.14. The molecule has 0 nitrogen and oxygen atoms in total. The largest absolute Gasteiger partial charge is 0.151 e. The van der Waals surface area contributed by atoms with Crippen molar-refractivity contribution in [2.45, 2.75) is 9.79 Å². The van der Waals surface area contributed by atoms with Gasteiger partial charge in [-0.25, -0.2) is 0 Å². The standard InChI is InChI=1S/C10H6S3/c1-2-8-4-12-6-10(8)13-9-5-11-3-7(1)9/h1-6H. The third kappa shape index (κ3) is 1.27. The minimum absolute atomic E-state index is 1.36. The fourth-order valence-electron chi connectivity index (χ4n) is 1.30. The maximum atomic E-state index is 2.22. The summed E-state index contributed by atoms with van der Waals surface area (Å²) in [5.74, 6) is 0. The smallest absolute Gasteiger partial charge is 0.0302 e. The predicted octanol–water partition coefficient (Wildman–Crippen LogP) is 4.44. The lowest BCUT2D eigenvalue weighted by Crippen LogP contribution is -1.67. The van der Waals surface area contributed by atoms with Crippen molar-refractivity contribution in [1.29, 1.82) is 0 Å². The molecule has 0 fully saturated rings. The van der Waals surface area contributed by atoms with Crippen LogP contribution in [0.4, 0.5) is 0 Å². The van der Waals surface area contributed by atoms with Gasteiger partial charge in [0.2, 0.25) is 0 Å². The lowest BCUT2D eigenvalue weighted by atomic mass is 10.2. The van der Waals surface area contributed by atoms with Gasteiger partial charge >= 0.3 is 0 Å². The van der Waals surface area contributed by atoms with Crippen LogP contribution >= 0.6 is 34.4 Å². The van der Waals surface area contributed by atoms with E-state index < -0.39 is 0 Å². The second-order valence-electron chi connectivity index (χ2n) is 2.82. The van der Waals surface area contributed by atoms with Crippen molar-refractivity contribution in [3.8, 4) is 0 Å². The number of rotatable bonds is 0. The summed E-state index contributed by atoms with van der Waals surface area (Å²) in [7, 11) is 0. The van der Waals surface area contributed by atoms with Crippen molar-refractivity contribution in [3.63, 3.8) is 0 Å². The van der Waals surface area contributed by atoms with Crippen molar-refractivity contribution in [2.75, 3.05) is 0 Å². The van der Waals surface area contributed by atoms with Gasteiger partial charge in [0.15, 0.2) is 0 Å². The van der Waals surface area contributed by atoms with Gasteiger partial charge < -0.3 is 0 Å². The molecule has 0 unspecified atom stereocenters. The average Bonchev–Trinajstić information content (AvgIpc) is 2.72. The summed E-state index contributed by atoms with van der Waals surface area (Å²) >= 11 is 5.42. The van der Waals surface area contributed by atoms with Crippen LogP contribution in [0.25, 0.3) is 12.2 Å². The molecule has 64 valence electrons. The average molecular weight is 222 g/mol. The molecule has 3 heterocycles. The SMILES string of the molecule is C1=Cc2cscc2Sc2cscc21. The Kier molecular flexibility index (Phi) is 1.82. The van der Waals surface area contributed by atoms with Gasteiger partial charge in [-0.05, 0) is 21.9 Å². The van der Waals surface area contributed by atoms with Crippen molar-refractivity contribution < 1.29 is 0 Å². The zero-order chi connectivity index (χ0) is 8.67. The highest BCUT2D eigenvalue weighted by Gasteiger charge is 2.10. The Morgan fingerprint density at radius 3 is 1.77 bits per heavy atom. The third-order valence-corrected chi connectivity index (χ3v) is 4.94. The van der Waals surface area contributed by atoms with Crippen LogP contribution in [-0.2, 0) is 0 Å². The molecule has 0 saturated heterocycles. The van der Waals surface area contributed by atoms with Crippen molar-refractivity contribution in [3.05, 3.63) is 32.6 Å². The van der Waals surface area contributed by atoms with Crippen LogP contribution in [0.2, 0.25) is 0 Å². The molecule has 3 heteroatoms. The molecule has 0 N–H and O–H groups in total. The molecule has 0 radical (unpaired) electrons. The minimum atomic E-state index is 1.36. The predicted molar refractivity (Wildman–Crippen MR) is 61.7 cm³/mol. The van der Waals surface area contributed by atoms with Gasteiger partial charge in [0, 0.05) is 20.6 Å². The highest BCUT2D eigenvalue weighted by Crippen LogP contribution is 2.40. The van der Waals surface area contributed by atoms with Gasteiger partial charge in [0.1, 0.15) is 0 Å².